The van der Waals surface area contributed by atoms with Crippen LogP contribution in [0.4, 0.5) is 17.2 Å². The molecule has 0 bridgehead atoms. The Morgan fingerprint density at radius 3 is 1.56 bits per heavy atom. The maximum Gasteiger partial charge on any atom is 0.137 e. The van der Waals surface area contributed by atoms with E-state index in [1.165, 1.54) is 93.2 Å². The highest BCUT2D eigenvalue weighted by Gasteiger charge is 2.31. The lowest BCUT2D eigenvalue weighted by atomic mass is 9.82. The standard InChI is InChI=1S/C57H36N2/c1-3-17-37(18-4-1)53-47-27-11-12-28-48(47)54(38-19-5-2-6-20-38)57-50-33-32-43(46-29-16-30-49(55(46)50)56(53)57)39-22-15-23-41(35-39)59(52-31-13-14-34-58-52)51-36-40-21-7-8-24-42(40)44-25-9-10-26-45(44)51/h1-36H. The van der Waals surface area contributed by atoms with E-state index in [-0.39, 0.29) is 0 Å². The van der Waals surface area contributed by atoms with Crippen molar-refractivity contribution in [2.24, 2.45) is 0 Å². The Balaban J connectivity index is 1.10. The summed E-state index contributed by atoms with van der Waals surface area (Å²) in [6.07, 6.45) is 1.88. The Morgan fingerprint density at radius 1 is 0.322 bits per heavy atom. The first kappa shape index (κ1) is 33.3. The van der Waals surface area contributed by atoms with Crippen LogP contribution in [0.5, 0.6) is 0 Å². The van der Waals surface area contributed by atoms with Gasteiger partial charge in [0.25, 0.3) is 0 Å². The normalized spacial score (nSPS) is 11.7. The molecule has 0 radical (unpaired) electrons. The monoisotopic (exact) mass is 748 g/mol. The lowest BCUT2D eigenvalue weighted by Crippen LogP contribution is -2.12. The van der Waals surface area contributed by atoms with Crippen LogP contribution in [0.15, 0.2) is 219 Å². The second kappa shape index (κ2) is 13.4. The van der Waals surface area contributed by atoms with Gasteiger partial charge < -0.3 is 0 Å². The highest BCUT2D eigenvalue weighted by atomic mass is 15.2. The molecule has 10 aromatic carbocycles. The zero-order chi connectivity index (χ0) is 38.9. The summed E-state index contributed by atoms with van der Waals surface area (Å²) in [5.41, 5.74) is 14.7. The largest absolute Gasteiger partial charge is 0.294 e. The summed E-state index contributed by atoms with van der Waals surface area (Å²) >= 11 is 0. The summed E-state index contributed by atoms with van der Waals surface area (Å²) in [5, 5.41) is 9.93. The maximum absolute atomic E-state index is 4.94. The molecule has 0 amide bonds. The van der Waals surface area contributed by atoms with Gasteiger partial charge in [0.2, 0.25) is 0 Å². The van der Waals surface area contributed by atoms with E-state index in [1.807, 2.05) is 12.3 Å². The van der Waals surface area contributed by atoms with Gasteiger partial charge in [-0.2, -0.15) is 0 Å². The van der Waals surface area contributed by atoms with Crippen LogP contribution in [0, 0.1) is 0 Å². The van der Waals surface area contributed by atoms with E-state index in [0.717, 1.165) is 22.8 Å². The average Bonchev–Trinajstić information content (AvgIpc) is 3.64. The van der Waals surface area contributed by atoms with Crippen LogP contribution in [0.25, 0.3) is 98.7 Å². The van der Waals surface area contributed by atoms with Crippen molar-refractivity contribution in [1.82, 2.24) is 4.98 Å². The van der Waals surface area contributed by atoms with Crippen molar-refractivity contribution in [3.05, 3.63) is 219 Å². The third-order valence-corrected chi connectivity index (χ3v) is 12.2. The van der Waals surface area contributed by atoms with E-state index in [4.69, 9.17) is 4.98 Å². The van der Waals surface area contributed by atoms with Crippen LogP contribution in [-0.2, 0) is 0 Å². The summed E-state index contributed by atoms with van der Waals surface area (Å²) in [6, 6.07) is 77.3. The zero-order valence-corrected chi connectivity index (χ0v) is 32.2. The first-order chi connectivity index (χ1) is 29.3. The molecule has 0 N–H and O–H groups in total. The molecule has 59 heavy (non-hydrogen) atoms. The first-order valence-electron chi connectivity index (χ1n) is 20.3. The minimum absolute atomic E-state index is 0.870. The molecule has 0 aliphatic heterocycles. The van der Waals surface area contributed by atoms with Gasteiger partial charge in [0, 0.05) is 17.3 Å². The Bertz CT molecular complexity index is 3330. The Morgan fingerprint density at radius 2 is 0.864 bits per heavy atom. The molecule has 0 atom stereocenters. The van der Waals surface area contributed by atoms with Gasteiger partial charge in [-0.05, 0) is 124 Å². The van der Waals surface area contributed by atoms with Crippen molar-refractivity contribution in [1.29, 1.82) is 0 Å². The highest BCUT2D eigenvalue weighted by molar-refractivity contribution is 6.29. The molecule has 12 rings (SSSR count). The molecule has 0 fully saturated rings. The van der Waals surface area contributed by atoms with E-state index < -0.39 is 0 Å². The Labute approximate surface area is 342 Å². The van der Waals surface area contributed by atoms with E-state index in [0.29, 0.717) is 0 Å². The van der Waals surface area contributed by atoms with Crippen LogP contribution in [-0.4, -0.2) is 4.98 Å². The van der Waals surface area contributed by atoms with Gasteiger partial charge in [0.05, 0.1) is 5.69 Å². The summed E-state index contributed by atoms with van der Waals surface area (Å²) in [5.74, 6) is 0.870. The number of anilines is 3. The molecule has 11 aromatic rings. The number of pyridine rings is 1. The van der Waals surface area contributed by atoms with Crippen molar-refractivity contribution >= 4 is 60.3 Å². The van der Waals surface area contributed by atoms with Crippen LogP contribution in [0.3, 0.4) is 0 Å². The van der Waals surface area contributed by atoms with Crippen molar-refractivity contribution in [3.8, 4) is 55.6 Å². The number of nitrogens with zero attached hydrogens (tertiary/aromatic N) is 2. The second-order valence-corrected chi connectivity index (χ2v) is 15.4. The fourth-order valence-electron chi connectivity index (χ4n) is 9.77. The number of hydrogen-bond donors (Lipinski definition) is 0. The number of benzene rings is 10. The van der Waals surface area contributed by atoms with E-state index >= 15 is 0 Å². The topological polar surface area (TPSA) is 16.1 Å². The minimum Gasteiger partial charge on any atom is -0.294 e. The minimum atomic E-state index is 0.870. The molecule has 2 nitrogen and oxygen atoms in total. The smallest absolute Gasteiger partial charge is 0.137 e. The molecule has 0 unspecified atom stereocenters. The van der Waals surface area contributed by atoms with Crippen molar-refractivity contribution in [3.63, 3.8) is 0 Å². The number of aromatic nitrogens is 1. The Kier molecular flexibility index (Phi) is 7.57. The third kappa shape index (κ3) is 5.17. The van der Waals surface area contributed by atoms with Gasteiger partial charge >= 0.3 is 0 Å². The highest BCUT2D eigenvalue weighted by Crippen LogP contribution is 2.58. The summed E-state index contributed by atoms with van der Waals surface area (Å²) in [7, 11) is 0. The van der Waals surface area contributed by atoms with Crippen LogP contribution >= 0.6 is 0 Å². The second-order valence-electron chi connectivity index (χ2n) is 15.4. The molecule has 0 spiro atoms. The first-order valence-corrected chi connectivity index (χ1v) is 20.3. The number of fused-ring (bicyclic) bond motifs is 7. The average molecular weight is 749 g/mol. The maximum atomic E-state index is 4.94. The number of hydrogen-bond acceptors (Lipinski definition) is 2. The molecule has 1 heterocycles. The van der Waals surface area contributed by atoms with E-state index in [9.17, 15) is 0 Å². The lowest BCUT2D eigenvalue weighted by Gasteiger charge is -2.27. The molecule has 1 aliphatic carbocycles. The van der Waals surface area contributed by atoms with Crippen molar-refractivity contribution in [2.45, 2.75) is 0 Å². The zero-order valence-electron chi connectivity index (χ0n) is 32.2. The number of rotatable bonds is 6. The fraction of sp³-hybridized carbons (Fsp3) is 0. The molecule has 0 saturated heterocycles. The molecule has 1 aliphatic rings. The Hall–Kier alpha value is -7.81. The van der Waals surface area contributed by atoms with Gasteiger partial charge in [0.1, 0.15) is 5.82 Å². The van der Waals surface area contributed by atoms with Crippen LogP contribution in [0.1, 0.15) is 0 Å². The summed E-state index contributed by atoms with van der Waals surface area (Å²) < 4.78 is 0. The predicted molar refractivity (Wildman–Crippen MR) is 250 cm³/mol. The molecule has 0 saturated carbocycles. The third-order valence-electron chi connectivity index (χ3n) is 12.2. The van der Waals surface area contributed by atoms with Gasteiger partial charge in [-0.15, -0.1) is 0 Å². The van der Waals surface area contributed by atoms with Gasteiger partial charge in [0.15, 0.2) is 0 Å². The molecular formula is C57H36N2. The molecule has 274 valence electrons. The SMILES string of the molecule is c1ccc(-c2c3c(c(-c4ccccc4)c4ccccc24)-c2ccc(-c4cccc(N(c5ccccn5)c5cc6ccccc6c6ccccc56)c4)c4cccc-3c24)cc1. The molecular weight excluding hydrogens is 713 g/mol. The van der Waals surface area contributed by atoms with E-state index in [2.05, 4.69) is 211 Å². The van der Waals surface area contributed by atoms with Crippen molar-refractivity contribution < 1.29 is 0 Å². The lowest BCUT2D eigenvalue weighted by molar-refractivity contribution is 1.19. The quantitative estimate of drug-likeness (QED) is 0.157. The summed E-state index contributed by atoms with van der Waals surface area (Å²) in [6.45, 7) is 0. The van der Waals surface area contributed by atoms with Gasteiger partial charge in [-0.25, -0.2) is 4.98 Å². The van der Waals surface area contributed by atoms with Crippen LogP contribution in [0.2, 0.25) is 0 Å². The predicted octanol–water partition coefficient (Wildman–Crippen LogP) is 15.8. The van der Waals surface area contributed by atoms with Crippen molar-refractivity contribution in [2.75, 3.05) is 4.90 Å². The van der Waals surface area contributed by atoms with Gasteiger partial charge in [-0.1, -0.05) is 182 Å². The summed E-state index contributed by atoms with van der Waals surface area (Å²) in [4.78, 5) is 7.26. The molecule has 1 aromatic heterocycles. The molecule has 2 heteroatoms. The van der Waals surface area contributed by atoms with Gasteiger partial charge in [-0.3, -0.25) is 4.90 Å². The van der Waals surface area contributed by atoms with E-state index in [1.54, 1.807) is 0 Å². The van der Waals surface area contributed by atoms with Crippen LogP contribution < -0.4 is 4.90 Å². The fourth-order valence-corrected chi connectivity index (χ4v) is 9.77.